The van der Waals surface area contributed by atoms with E-state index in [0.717, 1.165) is 0 Å². The van der Waals surface area contributed by atoms with Crippen LogP contribution in [-0.4, -0.2) is 32.7 Å². The normalized spacial score (nSPS) is 11.0. The Labute approximate surface area is 103 Å². The van der Waals surface area contributed by atoms with Crippen LogP contribution in [-0.2, 0) is 9.47 Å². The maximum atomic E-state index is 13.0. The number of Topliss-reactive ketones (excluding diaryl/α,β-unsaturated/α-hetero) is 1. The van der Waals surface area contributed by atoms with Gasteiger partial charge in [-0.3, -0.25) is 4.79 Å². The standard InChI is InChI=1S/C13H13FO4/c1-16-4-5-17-8-11(15)13-7-9-6-10(14)2-3-12(9)18-13/h2-3,6-7H,4-5,8H2,1H3. The molecule has 0 aliphatic rings. The molecule has 0 unspecified atom stereocenters. The lowest BCUT2D eigenvalue weighted by atomic mass is 10.2. The second kappa shape index (κ2) is 5.75. The van der Waals surface area contributed by atoms with Crippen LogP contribution in [0, 0.1) is 5.82 Å². The summed E-state index contributed by atoms with van der Waals surface area (Å²) in [5.41, 5.74) is 0.483. The van der Waals surface area contributed by atoms with Crippen molar-refractivity contribution in [1.29, 1.82) is 0 Å². The molecular formula is C13H13FO4. The molecule has 0 aliphatic heterocycles. The smallest absolute Gasteiger partial charge is 0.223 e. The number of halogens is 1. The SMILES string of the molecule is COCCOCC(=O)c1cc2cc(F)ccc2o1. The first-order chi connectivity index (χ1) is 8.70. The fourth-order valence-electron chi connectivity index (χ4n) is 1.53. The van der Waals surface area contributed by atoms with Gasteiger partial charge in [-0.25, -0.2) is 4.39 Å². The molecule has 0 bridgehead atoms. The van der Waals surface area contributed by atoms with Crippen molar-refractivity contribution in [1.82, 2.24) is 0 Å². The average Bonchev–Trinajstić information content (AvgIpc) is 2.77. The molecule has 2 aromatic rings. The molecule has 1 heterocycles. The van der Waals surface area contributed by atoms with E-state index in [9.17, 15) is 9.18 Å². The number of benzene rings is 1. The lowest BCUT2D eigenvalue weighted by Gasteiger charge is -2.00. The van der Waals surface area contributed by atoms with E-state index in [1.54, 1.807) is 7.11 Å². The molecule has 1 aromatic carbocycles. The maximum absolute atomic E-state index is 13.0. The second-order valence-corrected chi connectivity index (χ2v) is 3.76. The number of hydrogen-bond acceptors (Lipinski definition) is 4. The summed E-state index contributed by atoms with van der Waals surface area (Å²) in [4.78, 5) is 11.7. The number of hydrogen-bond donors (Lipinski definition) is 0. The number of rotatable bonds is 6. The highest BCUT2D eigenvalue weighted by atomic mass is 19.1. The molecular weight excluding hydrogens is 239 g/mol. The Morgan fingerprint density at radius 3 is 2.94 bits per heavy atom. The minimum Gasteiger partial charge on any atom is -0.453 e. The number of ketones is 1. The lowest BCUT2D eigenvalue weighted by molar-refractivity contribution is 0.0559. The van der Waals surface area contributed by atoms with Crippen LogP contribution in [0.2, 0.25) is 0 Å². The molecule has 1 aromatic heterocycles. The van der Waals surface area contributed by atoms with Gasteiger partial charge in [-0.1, -0.05) is 0 Å². The van der Waals surface area contributed by atoms with Crippen molar-refractivity contribution in [2.45, 2.75) is 0 Å². The maximum Gasteiger partial charge on any atom is 0.223 e. The summed E-state index contributed by atoms with van der Waals surface area (Å²) < 4.78 is 28.2. The van der Waals surface area contributed by atoms with Gasteiger partial charge in [0, 0.05) is 12.5 Å². The quantitative estimate of drug-likeness (QED) is 0.585. The van der Waals surface area contributed by atoms with Crippen molar-refractivity contribution in [3.05, 3.63) is 35.8 Å². The zero-order chi connectivity index (χ0) is 13.0. The summed E-state index contributed by atoms with van der Waals surface area (Å²) in [6.07, 6.45) is 0. The largest absolute Gasteiger partial charge is 0.453 e. The molecule has 5 heteroatoms. The summed E-state index contributed by atoms with van der Waals surface area (Å²) in [5, 5.41) is 0.565. The van der Waals surface area contributed by atoms with Crippen molar-refractivity contribution in [3.8, 4) is 0 Å². The predicted octanol–water partition coefficient (Wildman–Crippen LogP) is 2.42. The monoisotopic (exact) mass is 252 g/mol. The van der Waals surface area contributed by atoms with Gasteiger partial charge in [0.15, 0.2) is 5.76 Å². The number of carbonyl (C=O) groups is 1. The van der Waals surface area contributed by atoms with Crippen LogP contribution in [0.5, 0.6) is 0 Å². The van der Waals surface area contributed by atoms with Crippen LogP contribution in [0.1, 0.15) is 10.6 Å². The minimum absolute atomic E-state index is 0.0777. The highest BCUT2D eigenvalue weighted by Crippen LogP contribution is 2.20. The van der Waals surface area contributed by atoms with E-state index in [1.165, 1.54) is 24.3 Å². The average molecular weight is 252 g/mol. The van der Waals surface area contributed by atoms with Gasteiger partial charge in [0.2, 0.25) is 5.78 Å². The Kier molecular flexibility index (Phi) is 4.07. The fraction of sp³-hybridized carbons (Fsp3) is 0.308. The fourth-order valence-corrected chi connectivity index (χ4v) is 1.53. The highest BCUT2D eigenvalue weighted by Gasteiger charge is 2.12. The van der Waals surface area contributed by atoms with Crippen LogP contribution in [0.15, 0.2) is 28.7 Å². The molecule has 18 heavy (non-hydrogen) atoms. The molecule has 96 valence electrons. The van der Waals surface area contributed by atoms with Gasteiger partial charge >= 0.3 is 0 Å². The molecule has 0 amide bonds. The summed E-state index contributed by atoms with van der Waals surface area (Å²) in [7, 11) is 1.55. The predicted molar refractivity (Wildman–Crippen MR) is 63.2 cm³/mol. The summed E-state index contributed by atoms with van der Waals surface area (Å²) in [5.74, 6) is -0.464. The van der Waals surface area contributed by atoms with Crippen LogP contribution < -0.4 is 0 Å². The van der Waals surface area contributed by atoms with Crippen LogP contribution >= 0.6 is 0 Å². The molecule has 0 saturated heterocycles. The Bertz CT molecular complexity index is 547. The van der Waals surface area contributed by atoms with Gasteiger partial charge in [-0.2, -0.15) is 0 Å². The van der Waals surface area contributed by atoms with E-state index >= 15 is 0 Å². The first-order valence-electron chi connectivity index (χ1n) is 5.49. The van der Waals surface area contributed by atoms with E-state index in [0.29, 0.717) is 24.2 Å². The second-order valence-electron chi connectivity index (χ2n) is 3.76. The van der Waals surface area contributed by atoms with E-state index in [2.05, 4.69) is 0 Å². The number of ether oxygens (including phenoxy) is 2. The zero-order valence-electron chi connectivity index (χ0n) is 9.94. The minimum atomic E-state index is -0.362. The van der Waals surface area contributed by atoms with Gasteiger partial charge < -0.3 is 13.9 Å². The van der Waals surface area contributed by atoms with E-state index in [-0.39, 0.29) is 24.0 Å². The van der Waals surface area contributed by atoms with Crippen LogP contribution in [0.25, 0.3) is 11.0 Å². The number of carbonyl (C=O) groups excluding carboxylic acids is 1. The molecule has 0 aliphatic carbocycles. The van der Waals surface area contributed by atoms with Crippen molar-refractivity contribution >= 4 is 16.8 Å². The van der Waals surface area contributed by atoms with Crippen LogP contribution in [0.4, 0.5) is 4.39 Å². The topological polar surface area (TPSA) is 48.7 Å². The number of fused-ring (bicyclic) bond motifs is 1. The Morgan fingerprint density at radius 2 is 2.17 bits per heavy atom. The van der Waals surface area contributed by atoms with Gasteiger partial charge in [0.1, 0.15) is 18.0 Å². The third-order valence-electron chi connectivity index (χ3n) is 2.42. The number of methoxy groups -OCH3 is 1. The van der Waals surface area contributed by atoms with Crippen molar-refractivity contribution in [3.63, 3.8) is 0 Å². The third kappa shape index (κ3) is 2.94. The van der Waals surface area contributed by atoms with Gasteiger partial charge in [-0.05, 0) is 24.3 Å². The molecule has 0 N–H and O–H groups in total. The molecule has 0 fully saturated rings. The molecule has 0 atom stereocenters. The lowest BCUT2D eigenvalue weighted by Crippen LogP contribution is -2.11. The Hall–Kier alpha value is -1.72. The van der Waals surface area contributed by atoms with Gasteiger partial charge in [0.25, 0.3) is 0 Å². The molecule has 0 saturated carbocycles. The van der Waals surface area contributed by atoms with Gasteiger partial charge in [0.05, 0.1) is 13.2 Å². The van der Waals surface area contributed by atoms with Crippen molar-refractivity contribution < 1.29 is 23.1 Å². The highest BCUT2D eigenvalue weighted by molar-refractivity contribution is 5.98. The van der Waals surface area contributed by atoms with E-state index < -0.39 is 0 Å². The van der Waals surface area contributed by atoms with Crippen molar-refractivity contribution in [2.75, 3.05) is 26.9 Å². The molecule has 2 rings (SSSR count). The molecule has 4 nitrogen and oxygen atoms in total. The first kappa shape index (κ1) is 12.7. The molecule has 0 spiro atoms. The Balaban J connectivity index is 2.04. The van der Waals surface area contributed by atoms with E-state index in [1.807, 2.05) is 0 Å². The third-order valence-corrected chi connectivity index (χ3v) is 2.42. The van der Waals surface area contributed by atoms with E-state index in [4.69, 9.17) is 13.9 Å². The Morgan fingerprint density at radius 1 is 1.33 bits per heavy atom. The van der Waals surface area contributed by atoms with Crippen molar-refractivity contribution in [2.24, 2.45) is 0 Å². The summed E-state index contributed by atoms with van der Waals surface area (Å²) >= 11 is 0. The molecule has 0 radical (unpaired) electrons. The summed E-state index contributed by atoms with van der Waals surface area (Å²) in [6, 6.07) is 5.62. The zero-order valence-corrected chi connectivity index (χ0v) is 9.94. The van der Waals surface area contributed by atoms with Gasteiger partial charge in [-0.15, -0.1) is 0 Å². The first-order valence-corrected chi connectivity index (χ1v) is 5.49. The number of furan rings is 1. The summed E-state index contributed by atoms with van der Waals surface area (Å²) in [6.45, 7) is 0.696. The van der Waals surface area contributed by atoms with Crippen LogP contribution in [0.3, 0.4) is 0 Å².